The average Bonchev–Trinajstić information content (AvgIpc) is 3.11. The Labute approximate surface area is 166 Å². The van der Waals surface area contributed by atoms with Gasteiger partial charge in [0.25, 0.3) is 5.91 Å². The first-order valence-corrected chi connectivity index (χ1v) is 9.49. The third-order valence-corrected chi connectivity index (χ3v) is 5.35. The highest BCUT2D eigenvalue weighted by atomic mass is 32.1. The Morgan fingerprint density at radius 3 is 2.25 bits per heavy atom. The lowest BCUT2D eigenvalue weighted by Crippen LogP contribution is -2.15. The van der Waals surface area contributed by atoms with Gasteiger partial charge in [0.2, 0.25) is 0 Å². The number of hydrogen-bond donors (Lipinski definition) is 0. The molecular weight excluding hydrogens is 372 g/mol. The Morgan fingerprint density at radius 1 is 0.893 bits per heavy atom. The highest BCUT2D eigenvalue weighted by Crippen LogP contribution is 2.26. The molecule has 140 valence electrons. The lowest BCUT2D eigenvalue weighted by Gasteiger charge is -2.07. The van der Waals surface area contributed by atoms with Crippen LogP contribution in [0.3, 0.4) is 0 Å². The summed E-state index contributed by atoms with van der Waals surface area (Å²) in [5.74, 6) is 1.25. The maximum absolute atomic E-state index is 12.7. The summed E-state index contributed by atoms with van der Waals surface area (Å²) in [6.45, 7) is 0. The maximum atomic E-state index is 12.7. The molecule has 1 heterocycles. The summed E-state index contributed by atoms with van der Waals surface area (Å²) >= 11 is 1.45. The van der Waals surface area contributed by atoms with Gasteiger partial charge in [0, 0.05) is 11.3 Å². The minimum atomic E-state index is -0.276. The normalized spacial score (nSPS) is 11.6. The van der Waals surface area contributed by atoms with Crippen LogP contribution in [-0.2, 0) is 0 Å². The molecule has 0 fully saturated rings. The fourth-order valence-electron chi connectivity index (χ4n) is 2.92. The lowest BCUT2D eigenvalue weighted by atomic mass is 10.2. The molecule has 0 aliphatic carbocycles. The quantitative estimate of drug-likeness (QED) is 0.517. The molecule has 4 aromatic rings. The first-order valence-electron chi connectivity index (χ1n) is 8.68. The highest BCUT2D eigenvalue weighted by Gasteiger charge is 2.12. The standard InChI is InChI=1S/C22H18N2O3S/c1-26-17-10-8-16(9-11-17)24-19-13-12-18(27-2)14-20(19)28-22(24)23-21(25)15-6-4-3-5-7-15/h3-14H,1-2H3. The molecule has 1 amide bonds. The number of benzene rings is 3. The van der Waals surface area contributed by atoms with Crippen LogP contribution >= 0.6 is 11.3 Å². The largest absolute Gasteiger partial charge is 0.497 e. The number of methoxy groups -OCH3 is 2. The molecule has 6 heteroatoms. The van der Waals surface area contributed by atoms with E-state index in [2.05, 4.69) is 4.99 Å². The van der Waals surface area contributed by atoms with Gasteiger partial charge >= 0.3 is 0 Å². The van der Waals surface area contributed by atoms with Crippen LogP contribution in [0.2, 0.25) is 0 Å². The maximum Gasteiger partial charge on any atom is 0.279 e. The summed E-state index contributed by atoms with van der Waals surface area (Å²) in [4.78, 5) is 17.7. The molecule has 28 heavy (non-hydrogen) atoms. The van der Waals surface area contributed by atoms with Gasteiger partial charge in [-0.3, -0.25) is 9.36 Å². The molecule has 0 aliphatic rings. The van der Waals surface area contributed by atoms with Crippen molar-refractivity contribution in [3.05, 3.63) is 83.2 Å². The van der Waals surface area contributed by atoms with Crippen molar-refractivity contribution in [1.82, 2.24) is 4.57 Å². The van der Waals surface area contributed by atoms with Crippen LogP contribution in [0.25, 0.3) is 15.9 Å². The van der Waals surface area contributed by atoms with Crippen LogP contribution in [0.4, 0.5) is 0 Å². The van der Waals surface area contributed by atoms with Crippen molar-refractivity contribution in [2.24, 2.45) is 4.99 Å². The Morgan fingerprint density at radius 2 is 1.57 bits per heavy atom. The molecule has 4 rings (SSSR count). The monoisotopic (exact) mass is 390 g/mol. The number of hydrogen-bond acceptors (Lipinski definition) is 4. The summed E-state index contributed by atoms with van der Waals surface area (Å²) in [5, 5.41) is 0. The first kappa shape index (κ1) is 18.0. The van der Waals surface area contributed by atoms with E-state index in [1.165, 1.54) is 11.3 Å². The third-order valence-electron chi connectivity index (χ3n) is 4.35. The summed E-state index contributed by atoms with van der Waals surface area (Å²) in [5.41, 5.74) is 2.41. The number of nitrogens with zero attached hydrogens (tertiary/aromatic N) is 2. The molecule has 0 radical (unpaired) electrons. The molecule has 3 aromatic carbocycles. The second-order valence-corrected chi connectivity index (χ2v) is 7.04. The summed E-state index contributed by atoms with van der Waals surface area (Å²) in [7, 11) is 3.27. The van der Waals surface area contributed by atoms with E-state index in [0.717, 1.165) is 27.4 Å². The molecule has 0 bridgehead atoms. The summed E-state index contributed by atoms with van der Waals surface area (Å²) in [6, 6.07) is 22.6. The van der Waals surface area contributed by atoms with Crippen LogP contribution in [0.15, 0.2) is 77.8 Å². The zero-order valence-corrected chi connectivity index (χ0v) is 16.3. The number of thiazole rings is 1. The number of fused-ring (bicyclic) bond motifs is 1. The van der Waals surface area contributed by atoms with Gasteiger partial charge in [-0.2, -0.15) is 4.99 Å². The number of amides is 1. The highest BCUT2D eigenvalue weighted by molar-refractivity contribution is 7.16. The first-order chi connectivity index (χ1) is 13.7. The van der Waals surface area contributed by atoms with Crippen molar-refractivity contribution in [2.45, 2.75) is 0 Å². The van der Waals surface area contributed by atoms with E-state index in [0.29, 0.717) is 10.4 Å². The van der Waals surface area contributed by atoms with E-state index >= 15 is 0 Å². The van der Waals surface area contributed by atoms with Crippen LogP contribution in [0, 0.1) is 0 Å². The van der Waals surface area contributed by atoms with Crippen LogP contribution in [0.1, 0.15) is 10.4 Å². The second kappa shape index (κ2) is 7.70. The second-order valence-electron chi connectivity index (χ2n) is 6.03. The van der Waals surface area contributed by atoms with Gasteiger partial charge in [-0.05, 0) is 54.6 Å². The van der Waals surface area contributed by atoms with Crippen molar-refractivity contribution in [2.75, 3.05) is 14.2 Å². The molecule has 5 nitrogen and oxygen atoms in total. The minimum Gasteiger partial charge on any atom is -0.497 e. The van der Waals surface area contributed by atoms with Crippen molar-refractivity contribution in [3.63, 3.8) is 0 Å². The van der Waals surface area contributed by atoms with E-state index in [1.807, 2.05) is 65.2 Å². The molecule has 0 N–H and O–H groups in total. The Kier molecular flexibility index (Phi) is 4.95. The molecule has 0 saturated heterocycles. The van der Waals surface area contributed by atoms with E-state index in [9.17, 15) is 4.79 Å². The Hall–Kier alpha value is -3.38. The van der Waals surface area contributed by atoms with E-state index in [1.54, 1.807) is 26.4 Å². The predicted molar refractivity (Wildman–Crippen MR) is 111 cm³/mol. The summed E-state index contributed by atoms with van der Waals surface area (Å²) in [6.07, 6.45) is 0. The van der Waals surface area contributed by atoms with Gasteiger partial charge in [-0.25, -0.2) is 0 Å². The molecule has 0 atom stereocenters. The van der Waals surface area contributed by atoms with E-state index < -0.39 is 0 Å². The Bertz CT molecular complexity index is 1190. The SMILES string of the molecule is COc1ccc(-n2c(=NC(=O)c3ccccc3)sc3cc(OC)ccc32)cc1. The molecule has 0 saturated carbocycles. The number of carbonyl (C=O) groups is 1. The Balaban J connectivity index is 1.93. The fraction of sp³-hybridized carbons (Fsp3) is 0.0909. The van der Waals surface area contributed by atoms with Gasteiger partial charge in [0.05, 0.1) is 24.4 Å². The van der Waals surface area contributed by atoms with Crippen molar-refractivity contribution in [1.29, 1.82) is 0 Å². The molecule has 0 unspecified atom stereocenters. The van der Waals surface area contributed by atoms with E-state index in [4.69, 9.17) is 9.47 Å². The molecular formula is C22H18N2O3S. The van der Waals surface area contributed by atoms with Crippen LogP contribution < -0.4 is 14.3 Å². The van der Waals surface area contributed by atoms with Crippen LogP contribution in [0.5, 0.6) is 11.5 Å². The lowest BCUT2D eigenvalue weighted by molar-refractivity contribution is 0.0998. The van der Waals surface area contributed by atoms with Gasteiger partial charge in [0.15, 0.2) is 4.80 Å². The smallest absolute Gasteiger partial charge is 0.279 e. The summed E-state index contributed by atoms with van der Waals surface area (Å²) < 4.78 is 13.6. The number of ether oxygens (including phenoxy) is 2. The van der Waals surface area contributed by atoms with Gasteiger partial charge in [-0.15, -0.1) is 0 Å². The third kappa shape index (κ3) is 3.42. The molecule has 0 spiro atoms. The van der Waals surface area contributed by atoms with Crippen molar-refractivity contribution in [3.8, 4) is 17.2 Å². The van der Waals surface area contributed by atoms with Crippen molar-refractivity contribution < 1.29 is 14.3 Å². The predicted octanol–water partition coefficient (Wildman–Crippen LogP) is 4.45. The minimum absolute atomic E-state index is 0.276. The molecule has 1 aromatic heterocycles. The molecule has 0 aliphatic heterocycles. The zero-order valence-electron chi connectivity index (χ0n) is 15.5. The average molecular weight is 390 g/mol. The zero-order chi connectivity index (χ0) is 19.5. The fourth-order valence-corrected chi connectivity index (χ4v) is 3.98. The van der Waals surface area contributed by atoms with Gasteiger partial charge in [-0.1, -0.05) is 29.5 Å². The van der Waals surface area contributed by atoms with Crippen molar-refractivity contribution >= 4 is 27.5 Å². The van der Waals surface area contributed by atoms with Gasteiger partial charge in [0.1, 0.15) is 11.5 Å². The van der Waals surface area contributed by atoms with Crippen LogP contribution in [-0.4, -0.2) is 24.7 Å². The van der Waals surface area contributed by atoms with Gasteiger partial charge < -0.3 is 9.47 Å². The number of rotatable bonds is 4. The number of aromatic nitrogens is 1. The van der Waals surface area contributed by atoms with E-state index in [-0.39, 0.29) is 5.91 Å². The number of carbonyl (C=O) groups excluding carboxylic acids is 1. The topological polar surface area (TPSA) is 52.8 Å².